The Balaban J connectivity index is 0.000000192. The molecule has 0 amide bonds. The summed E-state index contributed by atoms with van der Waals surface area (Å²) in [5.74, 6) is -0.320. The average molecular weight is 592 g/mol. The smallest absolute Gasteiger partial charge is 0.872 e. The van der Waals surface area contributed by atoms with E-state index in [0.29, 0.717) is 11.1 Å². The fourth-order valence-corrected chi connectivity index (χ4v) is 6.14. The van der Waals surface area contributed by atoms with Gasteiger partial charge in [0.1, 0.15) is 0 Å². The normalized spacial score (nSPS) is 10.5. The maximum atomic E-state index is 12.2. The van der Waals surface area contributed by atoms with Crippen LogP contribution in [0.15, 0.2) is 131 Å². The van der Waals surface area contributed by atoms with Crippen LogP contribution in [0.2, 0.25) is 0 Å². The Morgan fingerprint density at radius 3 is 1.14 bits per heavy atom. The fourth-order valence-electron chi connectivity index (χ4n) is 4.43. The Kier molecular flexibility index (Phi) is 10.4. The van der Waals surface area contributed by atoms with Gasteiger partial charge in [0.25, 0.3) is 0 Å². The molecule has 208 valence electrons. The number of aryl methyl sites for hydroxylation is 2. The van der Waals surface area contributed by atoms with Gasteiger partial charge in [-0.25, -0.2) is 0 Å². The SMILES string of the molecule is Cc1ccccc1SC(=[N-])c1cc2ccccc2cc1[O-].Cc1ccccc1SC(=[N-])c1cc2ccccc2cc1[O-].[Be+2]. The minimum Gasteiger partial charge on any atom is -0.872 e. The van der Waals surface area contributed by atoms with Gasteiger partial charge < -0.3 is 21.0 Å². The Morgan fingerprint density at radius 2 is 0.791 bits per heavy atom. The third kappa shape index (κ3) is 7.54. The molecule has 0 fully saturated rings. The van der Waals surface area contributed by atoms with Crippen molar-refractivity contribution in [1.29, 1.82) is 0 Å². The molecule has 0 saturated heterocycles. The van der Waals surface area contributed by atoms with Crippen molar-refractivity contribution in [1.82, 2.24) is 0 Å². The van der Waals surface area contributed by atoms with Gasteiger partial charge in [-0.05, 0) is 81.9 Å². The minimum absolute atomic E-state index is 0. The zero-order chi connectivity index (χ0) is 29.6. The quantitative estimate of drug-likeness (QED) is 0.0893. The summed E-state index contributed by atoms with van der Waals surface area (Å²) in [7, 11) is 0. The summed E-state index contributed by atoms with van der Waals surface area (Å²) in [6.45, 7) is 3.96. The Labute approximate surface area is 264 Å². The number of rotatable bonds is 4. The Bertz CT molecular complexity index is 1800. The summed E-state index contributed by atoms with van der Waals surface area (Å²) in [4.78, 5) is 1.89. The first-order valence-corrected chi connectivity index (χ1v) is 14.9. The molecule has 0 saturated carbocycles. The molecular formula is C36H26BeN2O2S2-2. The predicted octanol–water partition coefficient (Wildman–Crippen LogP) is 8.28. The second-order valence-electron chi connectivity index (χ2n) is 9.74. The molecule has 0 aliphatic heterocycles. The molecule has 4 nitrogen and oxygen atoms in total. The van der Waals surface area contributed by atoms with Gasteiger partial charge in [0.15, 0.2) is 0 Å². The van der Waals surface area contributed by atoms with E-state index < -0.39 is 0 Å². The van der Waals surface area contributed by atoms with Crippen molar-refractivity contribution in [2.24, 2.45) is 0 Å². The van der Waals surface area contributed by atoms with E-state index in [9.17, 15) is 21.0 Å². The molecule has 0 aliphatic rings. The van der Waals surface area contributed by atoms with Crippen LogP contribution in [-0.2, 0) is 0 Å². The van der Waals surface area contributed by atoms with Crippen molar-refractivity contribution in [3.8, 4) is 11.5 Å². The van der Waals surface area contributed by atoms with Crippen molar-refractivity contribution in [2.75, 3.05) is 0 Å². The molecule has 0 unspecified atom stereocenters. The molecule has 43 heavy (non-hydrogen) atoms. The van der Waals surface area contributed by atoms with Crippen LogP contribution in [0.5, 0.6) is 11.5 Å². The van der Waals surface area contributed by atoms with Gasteiger partial charge in [-0.2, -0.15) is 0 Å². The summed E-state index contributed by atoms with van der Waals surface area (Å²) in [6, 6.07) is 37.5. The zero-order valence-electron chi connectivity index (χ0n) is 23.8. The summed E-state index contributed by atoms with van der Waals surface area (Å²) in [5.41, 5.74) is 2.84. The van der Waals surface area contributed by atoms with Crippen molar-refractivity contribution in [3.05, 3.63) is 154 Å². The molecule has 0 N–H and O–H groups in total. The first-order chi connectivity index (χ1) is 20.3. The van der Waals surface area contributed by atoms with Crippen molar-refractivity contribution < 1.29 is 10.2 Å². The van der Waals surface area contributed by atoms with Gasteiger partial charge in [-0.15, -0.1) is 45.1 Å². The van der Waals surface area contributed by atoms with Crippen LogP contribution in [0.25, 0.3) is 32.4 Å². The van der Waals surface area contributed by atoms with Gasteiger partial charge in [0.2, 0.25) is 0 Å². The first kappa shape index (κ1) is 31.6. The molecule has 0 bridgehead atoms. The molecule has 6 aromatic carbocycles. The Morgan fingerprint density at radius 1 is 0.488 bits per heavy atom. The molecule has 0 spiro atoms. The van der Waals surface area contributed by atoms with Crippen LogP contribution in [0.3, 0.4) is 0 Å². The topological polar surface area (TPSA) is 90.7 Å². The minimum atomic E-state index is -0.160. The van der Waals surface area contributed by atoms with E-state index >= 15 is 0 Å². The van der Waals surface area contributed by atoms with Crippen LogP contribution < -0.4 is 10.2 Å². The van der Waals surface area contributed by atoms with Crippen LogP contribution in [0.4, 0.5) is 0 Å². The predicted molar refractivity (Wildman–Crippen MR) is 182 cm³/mol. The number of benzene rings is 6. The number of nitrogens with zero attached hydrogens (tertiary/aromatic N) is 2. The number of hydrogen-bond donors (Lipinski definition) is 0. The van der Waals surface area contributed by atoms with E-state index in [0.717, 1.165) is 42.5 Å². The van der Waals surface area contributed by atoms with E-state index in [1.54, 1.807) is 24.3 Å². The second kappa shape index (κ2) is 14.2. The molecule has 0 aromatic heterocycles. The van der Waals surface area contributed by atoms with Gasteiger partial charge in [-0.3, -0.25) is 0 Å². The van der Waals surface area contributed by atoms with Gasteiger partial charge in [0.05, 0.1) is 0 Å². The monoisotopic (exact) mass is 591 g/mol. The van der Waals surface area contributed by atoms with Gasteiger partial charge >= 0.3 is 10.1 Å². The van der Waals surface area contributed by atoms with Crippen LogP contribution in [0, 0.1) is 13.8 Å². The third-order valence-corrected chi connectivity index (χ3v) is 8.94. The summed E-state index contributed by atoms with van der Waals surface area (Å²) < 4.78 is 0. The average Bonchev–Trinajstić information content (AvgIpc) is 2.99. The molecule has 0 atom stereocenters. The number of fused-ring (bicyclic) bond motifs is 2. The molecule has 0 aliphatic carbocycles. The largest absolute Gasteiger partial charge is 2.00 e. The maximum absolute atomic E-state index is 12.2. The van der Waals surface area contributed by atoms with Gasteiger partial charge in [0, 0.05) is 9.79 Å². The van der Waals surface area contributed by atoms with E-state index in [4.69, 9.17) is 0 Å². The molecule has 6 aromatic rings. The second-order valence-corrected chi connectivity index (χ2v) is 11.8. The Hall–Kier alpha value is -4.35. The van der Waals surface area contributed by atoms with E-state index in [1.165, 1.54) is 23.5 Å². The molecule has 6 rings (SSSR count). The summed E-state index contributed by atoms with van der Waals surface area (Å²) in [6.07, 6.45) is 0. The molecule has 0 radical (unpaired) electrons. The fraction of sp³-hybridized carbons (Fsp3) is 0.0556. The maximum Gasteiger partial charge on any atom is 2.00 e. The summed E-state index contributed by atoms with van der Waals surface area (Å²) in [5, 5.41) is 48.7. The van der Waals surface area contributed by atoms with Crippen LogP contribution >= 0.6 is 23.5 Å². The standard InChI is InChI=1S/2C18H14NOS.Be/c2*1-12-6-2-5-9-17(12)21-18(19)15-10-13-7-3-4-8-14(13)11-16(15)20;/h2*2-11,20H,1H3;/q2*-1;+2/p-2. The van der Waals surface area contributed by atoms with Crippen LogP contribution in [0.1, 0.15) is 22.3 Å². The summed E-state index contributed by atoms with van der Waals surface area (Å²) >= 11 is 2.44. The number of thioether (sulfide) groups is 2. The zero-order valence-corrected chi connectivity index (χ0v) is 25.4. The van der Waals surface area contributed by atoms with Crippen molar-refractivity contribution in [3.63, 3.8) is 0 Å². The van der Waals surface area contributed by atoms with E-state index in [-0.39, 0.29) is 31.7 Å². The first-order valence-electron chi connectivity index (χ1n) is 13.3. The van der Waals surface area contributed by atoms with E-state index in [1.807, 2.05) is 111 Å². The van der Waals surface area contributed by atoms with E-state index in [2.05, 4.69) is 0 Å². The third-order valence-electron chi connectivity index (χ3n) is 6.76. The molecular weight excluding hydrogens is 566 g/mol. The van der Waals surface area contributed by atoms with Crippen molar-refractivity contribution >= 4 is 65.3 Å². The number of hydrogen-bond acceptors (Lipinski definition) is 4. The molecule has 0 heterocycles. The van der Waals surface area contributed by atoms with Crippen molar-refractivity contribution in [2.45, 2.75) is 23.6 Å². The molecule has 7 heteroatoms. The van der Waals surface area contributed by atoms with Gasteiger partial charge in [-0.1, -0.05) is 97.1 Å². The van der Waals surface area contributed by atoms with Crippen LogP contribution in [-0.4, -0.2) is 20.2 Å².